The molecule has 0 unspecified atom stereocenters. The van der Waals surface area contributed by atoms with Gasteiger partial charge in [0.25, 0.3) is 0 Å². The van der Waals surface area contributed by atoms with Gasteiger partial charge in [0.15, 0.2) is 11.6 Å². The molecule has 0 aromatic heterocycles. The lowest BCUT2D eigenvalue weighted by Crippen LogP contribution is -2.23. The van der Waals surface area contributed by atoms with Crippen molar-refractivity contribution in [3.8, 4) is 0 Å². The molecule has 0 saturated carbocycles. The largest absolute Gasteiger partial charge is 0.361 e. The average Bonchev–Trinajstić information content (AvgIpc) is 2.50. The van der Waals surface area contributed by atoms with Crippen molar-refractivity contribution in [2.45, 2.75) is 6.17 Å². The minimum absolute atomic E-state index is 0.291. The third-order valence-electron chi connectivity index (χ3n) is 3.78. The van der Waals surface area contributed by atoms with Crippen LogP contribution in [0.2, 0.25) is 0 Å². The Morgan fingerprint density at radius 2 is 1.43 bits per heavy atom. The maximum absolute atomic E-state index is 13.4. The first-order valence-corrected chi connectivity index (χ1v) is 6.72. The Labute approximate surface area is 120 Å². The zero-order valence-corrected chi connectivity index (χ0v) is 11.0. The minimum atomic E-state index is -0.840. The lowest BCUT2D eigenvalue weighted by Gasteiger charge is -2.29. The molecule has 4 rings (SSSR count). The first-order chi connectivity index (χ1) is 10.2. The van der Waals surface area contributed by atoms with E-state index in [9.17, 15) is 8.78 Å². The summed E-state index contributed by atoms with van der Waals surface area (Å²) in [4.78, 5) is 0. The van der Waals surface area contributed by atoms with Crippen molar-refractivity contribution < 1.29 is 8.78 Å². The minimum Gasteiger partial charge on any atom is -0.361 e. The Balaban J connectivity index is 1.81. The van der Waals surface area contributed by atoms with E-state index in [1.54, 1.807) is 6.07 Å². The molecular weight excluding hydrogens is 270 g/mol. The van der Waals surface area contributed by atoms with Crippen molar-refractivity contribution in [1.29, 1.82) is 0 Å². The van der Waals surface area contributed by atoms with Crippen LogP contribution in [0.4, 0.5) is 20.2 Å². The van der Waals surface area contributed by atoms with Crippen molar-refractivity contribution in [2.24, 2.45) is 0 Å². The molecule has 0 bridgehead atoms. The zero-order valence-electron chi connectivity index (χ0n) is 11.0. The van der Waals surface area contributed by atoms with Crippen LogP contribution in [-0.4, -0.2) is 0 Å². The monoisotopic (exact) mass is 282 g/mol. The maximum Gasteiger partial charge on any atom is 0.159 e. The molecule has 0 fully saturated rings. The van der Waals surface area contributed by atoms with E-state index in [0.717, 1.165) is 28.2 Å². The fraction of sp³-hybridized carbons (Fsp3) is 0.0588. The highest BCUT2D eigenvalue weighted by Gasteiger charge is 2.20. The van der Waals surface area contributed by atoms with Gasteiger partial charge in [-0.25, -0.2) is 8.78 Å². The third kappa shape index (κ3) is 1.91. The van der Waals surface area contributed by atoms with Crippen molar-refractivity contribution in [1.82, 2.24) is 0 Å². The summed E-state index contributed by atoms with van der Waals surface area (Å²) in [6, 6.07) is 16.0. The molecule has 2 N–H and O–H groups in total. The summed E-state index contributed by atoms with van der Waals surface area (Å²) < 4.78 is 26.5. The van der Waals surface area contributed by atoms with Crippen molar-refractivity contribution in [3.05, 3.63) is 71.8 Å². The van der Waals surface area contributed by atoms with E-state index in [1.807, 2.05) is 36.4 Å². The van der Waals surface area contributed by atoms with Crippen LogP contribution in [0.25, 0.3) is 10.8 Å². The van der Waals surface area contributed by atoms with Crippen LogP contribution in [0.5, 0.6) is 0 Å². The van der Waals surface area contributed by atoms with Crippen LogP contribution in [0.1, 0.15) is 11.7 Å². The SMILES string of the molecule is Fc1ccc(C2Nc3cccc4cccc(c34)N2)cc1F. The van der Waals surface area contributed by atoms with Crippen LogP contribution >= 0.6 is 0 Å². The highest BCUT2D eigenvalue weighted by atomic mass is 19.2. The summed E-state index contributed by atoms with van der Waals surface area (Å²) in [5, 5.41) is 8.89. The lowest BCUT2D eigenvalue weighted by atomic mass is 10.0. The second kappa shape index (κ2) is 4.45. The quantitative estimate of drug-likeness (QED) is 0.678. The molecule has 1 heterocycles. The van der Waals surface area contributed by atoms with Crippen molar-refractivity contribution in [3.63, 3.8) is 0 Å². The van der Waals surface area contributed by atoms with Gasteiger partial charge in [0.2, 0.25) is 0 Å². The number of rotatable bonds is 1. The summed E-state index contributed by atoms with van der Waals surface area (Å²) in [6.07, 6.45) is -0.291. The van der Waals surface area contributed by atoms with Gasteiger partial charge in [0, 0.05) is 16.8 Å². The molecule has 0 spiro atoms. The molecule has 2 nitrogen and oxygen atoms in total. The Hall–Kier alpha value is -2.62. The van der Waals surface area contributed by atoms with Crippen LogP contribution in [0.15, 0.2) is 54.6 Å². The van der Waals surface area contributed by atoms with E-state index >= 15 is 0 Å². The molecule has 3 aromatic carbocycles. The molecular formula is C17H12F2N2. The second-order valence-corrected chi connectivity index (χ2v) is 5.10. The lowest BCUT2D eigenvalue weighted by molar-refractivity contribution is 0.506. The van der Waals surface area contributed by atoms with Gasteiger partial charge in [-0.1, -0.05) is 30.3 Å². The van der Waals surface area contributed by atoms with Gasteiger partial charge in [-0.15, -0.1) is 0 Å². The van der Waals surface area contributed by atoms with E-state index in [4.69, 9.17) is 0 Å². The van der Waals surface area contributed by atoms with Crippen LogP contribution in [0, 0.1) is 11.6 Å². The molecule has 0 amide bonds. The number of nitrogens with one attached hydrogen (secondary N) is 2. The Bertz CT molecular complexity index is 805. The number of anilines is 2. The topological polar surface area (TPSA) is 24.1 Å². The van der Waals surface area contributed by atoms with Gasteiger partial charge < -0.3 is 10.6 Å². The third-order valence-corrected chi connectivity index (χ3v) is 3.78. The molecule has 104 valence electrons. The van der Waals surface area contributed by atoms with E-state index in [1.165, 1.54) is 6.07 Å². The van der Waals surface area contributed by atoms with Gasteiger partial charge in [0.1, 0.15) is 6.17 Å². The molecule has 0 atom stereocenters. The van der Waals surface area contributed by atoms with E-state index in [0.29, 0.717) is 5.56 Å². The van der Waals surface area contributed by atoms with Gasteiger partial charge >= 0.3 is 0 Å². The first kappa shape index (κ1) is 12.1. The Morgan fingerprint density at radius 3 is 2.05 bits per heavy atom. The zero-order chi connectivity index (χ0) is 14.4. The van der Waals surface area contributed by atoms with Gasteiger partial charge in [0.05, 0.1) is 0 Å². The molecule has 1 aliphatic heterocycles. The van der Waals surface area contributed by atoms with Crippen LogP contribution in [0.3, 0.4) is 0 Å². The summed E-state index contributed by atoms with van der Waals surface area (Å²) in [7, 11) is 0. The number of halogens is 2. The highest BCUT2D eigenvalue weighted by Crippen LogP contribution is 2.38. The fourth-order valence-electron chi connectivity index (χ4n) is 2.79. The second-order valence-electron chi connectivity index (χ2n) is 5.10. The fourth-order valence-corrected chi connectivity index (χ4v) is 2.79. The molecule has 0 saturated heterocycles. The Kier molecular flexibility index (Phi) is 2.57. The normalized spacial score (nSPS) is 13.8. The summed E-state index contributed by atoms with van der Waals surface area (Å²) in [5.74, 6) is -1.68. The van der Waals surface area contributed by atoms with E-state index < -0.39 is 11.6 Å². The standard InChI is InChI=1S/C17H12F2N2/c18-12-8-7-11(9-13(12)19)17-20-14-5-1-3-10-4-2-6-15(21-17)16(10)14/h1-9,17,20-21H. The first-order valence-electron chi connectivity index (χ1n) is 6.72. The molecule has 21 heavy (non-hydrogen) atoms. The number of benzene rings is 3. The van der Waals surface area contributed by atoms with Crippen molar-refractivity contribution in [2.75, 3.05) is 10.6 Å². The van der Waals surface area contributed by atoms with Crippen molar-refractivity contribution >= 4 is 22.1 Å². The van der Waals surface area contributed by atoms with Gasteiger partial charge in [-0.3, -0.25) is 0 Å². The van der Waals surface area contributed by atoms with Crippen LogP contribution < -0.4 is 10.6 Å². The van der Waals surface area contributed by atoms with Crippen LogP contribution in [-0.2, 0) is 0 Å². The summed E-state index contributed by atoms with van der Waals surface area (Å²) in [6.45, 7) is 0. The average molecular weight is 282 g/mol. The van der Waals surface area contributed by atoms with Gasteiger partial charge in [-0.2, -0.15) is 0 Å². The summed E-state index contributed by atoms with van der Waals surface area (Å²) >= 11 is 0. The molecule has 1 aliphatic rings. The predicted molar refractivity (Wildman–Crippen MR) is 80.3 cm³/mol. The molecule has 0 radical (unpaired) electrons. The van der Waals surface area contributed by atoms with E-state index in [-0.39, 0.29) is 6.17 Å². The molecule has 0 aliphatic carbocycles. The summed E-state index contributed by atoms with van der Waals surface area (Å²) in [5.41, 5.74) is 2.62. The molecule has 3 aromatic rings. The number of hydrogen-bond donors (Lipinski definition) is 2. The number of hydrogen-bond acceptors (Lipinski definition) is 2. The molecule has 4 heteroatoms. The Morgan fingerprint density at radius 1 is 0.762 bits per heavy atom. The van der Waals surface area contributed by atoms with Gasteiger partial charge in [-0.05, 0) is 35.2 Å². The maximum atomic E-state index is 13.4. The van der Waals surface area contributed by atoms with E-state index in [2.05, 4.69) is 10.6 Å². The predicted octanol–water partition coefficient (Wildman–Crippen LogP) is 4.65. The highest BCUT2D eigenvalue weighted by molar-refractivity contribution is 6.04. The smallest absolute Gasteiger partial charge is 0.159 e.